The number of hydrogen-bond donors (Lipinski definition) is 0. The van der Waals surface area contributed by atoms with E-state index in [1.807, 2.05) is 18.2 Å². The van der Waals surface area contributed by atoms with Gasteiger partial charge in [0.1, 0.15) is 17.4 Å². The third-order valence-corrected chi connectivity index (χ3v) is 4.97. The summed E-state index contributed by atoms with van der Waals surface area (Å²) in [5, 5.41) is 1.06. The van der Waals surface area contributed by atoms with Crippen LogP contribution in [0.15, 0.2) is 47.2 Å². The third kappa shape index (κ3) is 2.04. The second-order valence-corrected chi connectivity index (χ2v) is 6.29. The lowest BCUT2D eigenvalue weighted by atomic mass is 10.2. The van der Waals surface area contributed by atoms with Crippen LogP contribution in [0.25, 0.3) is 22.1 Å². The Morgan fingerprint density at radius 1 is 1.09 bits per heavy atom. The molecule has 2 aliphatic heterocycles. The first-order chi connectivity index (χ1) is 11.4. The van der Waals surface area contributed by atoms with Crippen molar-refractivity contribution in [1.29, 1.82) is 0 Å². The maximum absolute atomic E-state index is 6.06. The van der Waals surface area contributed by atoms with Gasteiger partial charge < -0.3 is 9.32 Å². The molecule has 0 radical (unpaired) electrons. The van der Waals surface area contributed by atoms with Gasteiger partial charge in [-0.3, -0.25) is 4.90 Å². The number of furan rings is 1. The number of benzene rings is 1. The number of anilines is 1. The molecule has 1 atom stereocenters. The van der Waals surface area contributed by atoms with Crippen molar-refractivity contribution in [3.63, 3.8) is 0 Å². The zero-order valence-electron chi connectivity index (χ0n) is 12.9. The second kappa shape index (κ2) is 5.06. The van der Waals surface area contributed by atoms with Crippen LogP contribution in [0, 0.1) is 0 Å². The molecule has 5 nitrogen and oxygen atoms in total. The minimum Gasteiger partial charge on any atom is -0.450 e. The summed E-state index contributed by atoms with van der Waals surface area (Å²) in [6.07, 6.45) is 7.34. The number of fused-ring (bicyclic) bond motifs is 3. The fourth-order valence-electron chi connectivity index (χ4n) is 3.76. The minimum atomic E-state index is 0.597. The standard InChI is InChI=1S/C18H18N4O/c1-2-6-15-14(5-1)16-17(23-15)18(20-12-19-16)22-10-7-13(11-22)21-8-3-4-9-21/h1-6,12-13H,7-11H2/t13-/m0/s1. The monoisotopic (exact) mass is 306 g/mol. The predicted octanol–water partition coefficient (Wildman–Crippen LogP) is 2.83. The molecule has 1 saturated heterocycles. The lowest BCUT2D eigenvalue weighted by Gasteiger charge is -2.23. The van der Waals surface area contributed by atoms with Gasteiger partial charge in [-0.1, -0.05) is 24.3 Å². The fourth-order valence-corrected chi connectivity index (χ4v) is 3.76. The van der Waals surface area contributed by atoms with Gasteiger partial charge in [0.05, 0.1) is 0 Å². The van der Waals surface area contributed by atoms with Gasteiger partial charge in [-0.2, -0.15) is 0 Å². The molecule has 4 heterocycles. The van der Waals surface area contributed by atoms with Crippen LogP contribution in [0.2, 0.25) is 0 Å². The van der Waals surface area contributed by atoms with Gasteiger partial charge in [-0.05, 0) is 18.6 Å². The van der Waals surface area contributed by atoms with Crippen molar-refractivity contribution >= 4 is 27.9 Å². The molecule has 0 N–H and O–H groups in total. The lowest BCUT2D eigenvalue weighted by molar-refractivity contribution is 0.271. The molecule has 0 spiro atoms. The summed E-state index contributed by atoms with van der Waals surface area (Å²) in [7, 11) is 0. The van der Waals surface area contributed by atoms with Crippen LogP contribution in [0.4, 0.5) is 5.82 Å². The van der Waals surface area contributed by atoms with E-state index in [9.17, 15) is 0 Å². The SMILES string of the molecule is C1=CCN([C@H]2CCN(c3ncnc4c3oc3ccccc34)C2)C1. The summed E-state index contributed by atoms with van der Waals surface area (Å²) >= 11 is 0. The van der Waals surface area contributed by atoms with Gasteiger partial charge in [0.25, 0.3) is 0 Å². The number of aromatic nitrogens is 2. The summed E-state index contributed by atoms with van der Waals surface area (Å²) in [5.41, 5.74) is 2.61. The van der Waals surface area contributed by atoms with Crippen LogP contribution in [-0.2, 0) is 0 Å². The summed E-state index contributed by atoms with van der Waals surface area (Å²) < 4.78 is 6.06. The average molecular weight is 306 g/mol. The van der Waals surface area contributed by atoms with E-state index in [-0.39, 0.29) is 0 Å². The molecule has 1 aromatic carbocycles. The molecular formula is C18H18N4O. The average Bonchev–Trinajstić information content (AvgIpc) is 3.32. The fraction of sp³-hybridized carbons (Fsp3) is 0.333. The topological polar surface area (TPSA) is 45.4 Å². The number of para-hydroxylation sites is 1. The van der Waals surface area contributed by atoms with E-state index in [2.05, 4.69) is 38.0 Å². The van der Waals surface area contributed by atoms with Crippen molar-refractivity contribution in [3.8, 4) is 0 Å². The lowest BCUT2D eigenvalue weighted by Crippen LogP contribution is -2.35. The summed E-state index contributed by atoms with van der Waals surface area (Å²) in [6.45, 7) is 4.17. The highest BCUT2D eigenvalue weighted by atomic mass is 16.3. The largest absolute Gasteiger partial charge is 0.450 e. The molecule has 0 saturated carbocycles. The van der Waals surface area contributed by atoms with E-state index in [4.69, 9.17) is 4.42 Å². The predicted molar refractivity (Wildman–Crippen MR) is 90.6 cm³/mol. The Morgan fingerprint density at radius 2 is 1.96 bits per heavy atom. The quantitative estimate of drug-likeness (QED) is 0.681. The van der Waals surface area contributed by atoms with Gasteiger partial charge in [0, 0.05) is 37.6 Å². The molecule has 2 aliphatic rings. The molecule has 2 aromatic heterocycles. The highest BCUT2D eigenvalue weighted by Gasteiger charge is 2.30. The van der Waals surface area contributed by atoms with Crippen LogP contribution in [0.1, 0.15) is 6.42 Å². The van der Waals surface area contributed by atoms with Crippen LogP contribution < -0.4 is 4.90 Å². The first-order valence-electron chi connectivity index (χ1n) is 8.16. The first-order valence-corrected chi connectivity index (χ1v) is 8.16. The molecule has 1 fully saturated rings. The number of hydrogen-bond acceptors (Lipinski definition) is 5. The van der Waals surface area contributed by atoms with E-state index in [0.29, 0.717) is 6.04 Å². The molecule has 0 bridgehead atoms. The molecule has 116 valence electrons. The van der Waals surface area contributed by atoms with E-state index < -0.39 is 0 Å². The van der Waals surface area contributed by atoms with E-state index >= 15 is 0 Å². The summed E-state index contributed by atoms with van der Waals surface area (Å²) in [4.78, 5) is 13.8. The Morgan fingerprint density at radius 3 is 2.87 bits per heavy atom. The summed E-state index contributed by atoms with van der Waals surface area (Å²) in [6, 6.07) is 8.65. The Hall–Kier alpha value is -2.40. The van der Waals surface area contributed by atoms with Crippen LogP contribution in [-0.4, -0.2) is 47.1 Å². The van der Waals surface area contributed by atoms with Gasteiger partial charge >= 0.3 is 0 Å². The highest BCUT2D eigenvalue weighted by molar-refractivity contribution is 6.05. The minimum absolute atomic E-state index is 0.597. The van der Waals surface area contributed by atoms with E-state index in [1.54, 1.807) is 6.33 Å². The third-order valence-electron chi connectivity index (χ3n) is 4.97. The van der Waals surface area contributed by atoms with Gasteiger partial charge in [-0.25, -0.2) is 9.97 Å². The number of nitrogens with zero attached hydrogens (tertiary/aromatic N) is 4. The van der Waals surface area contributed by atoms with Crippen LogP contribution in [0.5, 0.6) is 0 Å². The Kier molecular flexibility index (Phi) is 2.88. The van der Waals surface area contributed by atoms with Gasteiger partial charge in [0.2, 0.25) is 0 Å². The van der Waals surface area contributed by atoms with Crippen molar-refractivity contribution in [3.05, 3.63) is 42.7 Å². The molecule has 0 aliphatic carbocycles. The highest BCUT2D eigenvalue weighted by Crippen LogP contribution is 2.33. The van der Waals surface area contributed by atoms with Crippen molar-refractivity contribution in [2.24, 2.45) is 0 Å². The van der Waals surface area contributed by atoms with E-state index in [0.717, 1.165) is 54.1 Å². The van der Waals surface area contributed by atoms with Gasteiger partial charge in [0.15, 0.2) is 11.4 Å². The van der Waals surface area contributed by atoms with E-state index in [1.165, 1.54) is 6.42 Å². The molecule has 5 rings (SSSR count). The van der Waals surface area contributed by atoms with Crippen molar-refractivity contribution in [2.75, 3.05) is 31.1 Å². The molecule has 3 aromatic rings. The Bertz CT molecular complexity index is 892. The van der Waals surface area contributed by atoms with Crippen LogP contribution >= 0.6 is 0 Å². The molecule has 23 heavy (non-hydrogen) atoms. The number of rotatable bonds is 2. The Balaban J connectivity index is 1.53. The Labute approximate surface area is 134 Å². The maximum atomic E-state index is 6.06. The zero-order chi connectivity index (χ0) is 15.2. The van der Waals surface area contributed by atoms with Crippen LogP contribution in [0.3, 0.4) is 0 Å². The smallest absolute Gasteiger partial charge is 0.196 e. The van der Waals surface area contributed by atoms with Crippen molar-refractivity contribution < 1.29 is 4.42 Å². The van der Waals surface area contributed by atoms with Gasteiger partial charge in [-0.15, -0.1) is 0 Å². The molecular weight excluding hydrogens is 288 g/mol. The van der Waals surface area contributed by atoms with Crippen molar-refractivity contribution in [2.45, 2.75) is 12.5 Å². The summed E-state index contributed by atoms with van der Waals surface area (Å²) in [5.74, 6) is 0.931. The van der Waals surface area contributed by atoms with Crippen molar-refractivity contribution in [1.82, 2.24) is 14.9 Å². The first kappa shape index (κ1) is 13.1. The normalized spacial score (nSPS) is 21.9. The zero-order valence-corrected chi connectivity index (χ0v) is 12.9. The second-order valence-electron chi connectivity index (χ2n) is 6.29. The molecule has 5 heteroatoms. The molecule has 0 amide bonds. The molecule has 0 unspecified atom stereocenters. The maximum Gasteiger partial charge on any atom is 0.196 e.